The summed E-state index contributed by atoms with van der Waals surface area (Å²) in [6.07, 6.45) is 12.5. The van der Waals surface area contributed by atoms with Crippen LogP contribution in [0.3, 0.4) is 0 Å². The van der Waals surface area contributed by atoms with E-state index >= 15 is 0 Å². The lowest BCUT2D eigenvalue weighted by Gasteiger charge is -2.37. The van der Waals surface area contributed by atoms with Crippen molar-refractivity contribution in [3.8, 4) is 0 Å². The van der Waals surface area contributed by atoms with Gasteiger partial charge in [0.2, 0.25) is 0 Å². The molecule has 0 aromatic rings. The average molecular weight is 380 g/mol. The highest BCUT2D eigenvalue weighted by Gasteiger charge is 2.31. The Morgan fingerprint density at radius 2 is 1.92 bits per heavy atom. The van der Waals surface area contributed by atoms with E-state index < -0.39 is 9.73 Å². The van der Waals surface area contributed by atoms with Crippen LogP contribution in [0.25, 0.3) is 0 Å². The van der Waals surface area contributed by atoms with Crippen molar-refractivity contribution in [2.75, 3.05) is 32.1 Å². The standard InChI is InChI=1S/C19H33N5OS/c1-21-14-23-19(17-9-10-22-11-17)24(2)18-7-5-16(6-8-18)13-26(20,25)12-15-3-4-15/h9-10,14-16,18,20,22H,3-8,11-13H2,1-2H3,(H,21,23). The lowest BCUT2D eigenvalue weighted by Crippen LogP contribution is -2.40. The Balaban J connectivity index is 1.55. The summed E-state index contributed by atoms with van der Waals surface area (Å²) in [5, 5.41) is 6.57. The van der Waals surface area contributed by atoms with Gasteiger partial charge in [0.05, 0.1) is 6.34 Å². The van der Waals surface area contributed by atoms with E-state index in [0.29, 0.717) is 29.4 Å². The highest BCUT2D eigenvalue weighted by Crippen LogP contribution is 2.34. The second kappa shape index (κ2) is 8.46. The smallest absolute Gasteiger partial charge is 0.112 e. The molecular formula is C19H33N5OS. The van der Waals surface area contributed by atoms with Crippen LogP contribution in [0.5, 0.6) is 0 Å². The van der Waals surface area contributed by atoms with Gasteiger partial charge in [-0.3, -0.25) is 9.77 Å². The van der Waals surface area contributed by atoms with E-state index in [1.54, 1.807) is 13.4 Å². The molecule has 1 aliphatic heterocycles. The molecule has 3 rings (SSSR count). The van der Waals surface area contributed by atoms with Gasteiger partial charge in [-0.05, 0) is 62.6 Å². The molecule has 6 nitrogen and oxygen atoms in total. The van der Waals surface area contributed by atoms with Crippen LogP contribution >= 0.6 is 0 Å². The van der Waals surface area contributed by atoms with Crippen LogP contribution in [0.2, 0.25) is 0 Å². The maximum absolute atomic E-state index is 12.5. The molecule has 1 atom stereocenters. The molecule has 1 heterocycles. The fraction of sp³-hybridized carbons (Fsp3) is 0.737. The van der Waals surface area contributed by atoms with Gasteiger partial charge in [-0.2, -0.15) is 0 Å². The normalized spacial score (nSPS) is 30.1. The minimum Gasteiger partial charge on any atom is -0.387 e. The first kappa shape index (κ1) is 19.3. The SMILES string of the molecule is CN=CNC(=C1C=CNC1)N(C)C1CCC(CS(=N)(=O)CC2CC2)CC1. The summed E-state index contributed by atoms with van der Waals surface area (Å²) in [5.41, 5.74) is 1.24. The van der Waals surface area contributed by atoms with E-state index in [-0.39, 0.29) is 0 Å². The van der Waals surface area contributed by atoms with Crippen LogP contribution in [0.15, 0.2) is 28.7 Å². The Morgan fingerprint density at radius 3 is 2.42 bits per heavy atom. The van der Waals surface area contributed by atoms with Crippen molar-refractivity contribution in [1.82, 2.24) is 15.5 Å². The van der Waals surface area contributed by atoms with Crippen molar-refractivity contribution < 1.29 is 4.21 Å². The third-order valence-corrected chi connectivity index (χ3v) is 7.77. The van der Waals surface area contributed by atoms with Crippen LogP contribution in [0.1, 0.15) is 38.5 Å². The fourth-order valence-corrected chi connectivity index (χ4v) is 6.42. The minimum absolute atomic E-state index is 0.456. The molecule has 0 radical (unpaired) electrons. The van der Waals surface area contributed by atoms with Crippen molar-refractivity contribution in [1.29, 1.82) is 4.78 Å². The molecule has 0 aromatic carbocycles. The Hall–Kier alpha value is -1.50. The topological polar surface area (TPSA) is 80.6 Å². The molecule has 7 heteroatoms. The van der Waals surface area contributed by atoms with Gasteiger partial charge in [-0.1, -0.05) is 0 Å². The van der Waals surface area contributed by atoms with Crippen molar-refractivity contribution in [3.63, 3.8) is 0 Å². The number of aliphatic imine (C=N–C) groups is 1. The Labute approximate surface area is 158 Å². The first-order valence-corrected chi connectivity index (χ1v) is 11.7. The molecule has 0 amide bonds. The number of rotatable bonds is 8. The van der Waals surface area contributed by atoms with Gasteiger partial charge < -0.3 is 15.5 Å². The summed E-state index contributed by atoms with van der Waals surface area (Å²) >= 11 is 0. The van der Waals surface area contributed by atoms with Crippen molar-refractivity contribution >= 4 is 16.1 Å². The van der Waals surface area contributed by atoms with Crippen LogP contribution in [0.4, 0.5) is 0 Å². The summed E-state index contributed by atoms with van der Waals surface area (Å²) in [4.78, 5) is 6.40. The molecule has 2 saturated carbocycles. The van der Waals surface area contributed by atoms with E-state index in [0.717, 1.165) is 38.0 Å². The van der Waals surface area contributed by atoms with Crippen LogP contribution in [-0.4, -0.2) is 53.6 Å². The lowest BCUT2D eigenvalue weighted by molar-refractivity contribution is 0.201. The molecule has 1 unspecified atom stereocenters. The Bertz CT molecular complexity index is 670. The number of hydrogen-bond acceptors (Lipinski definition) is 5. The number of nitrogens with one attached hydrogen (secondary N) is 3. The number of nitrogens with zero attached hydrogens (tertiary/aromatic N) is 2. The van der Waals surface area contributed by atoms with Gasteiger partial charge in [-0.25, -0.2) is 4.21 Å². The Morgan fingerprint density at radius 1 is 1.31 bits per heavy atom. The summed E-state index contributed by atoms with van der Waals surface area (Å²) in [6.45, 7) is 0.835. The molecule has 26 heavy (non-hydrogen) atoms. The van der Waals surface area contributed by atoms with Crippen molar-refractivity contribution in [2.24, 2.45) is 16.8 Å². The second-order valence-electron chi connectivity index (χ2n) is 7.99. The molecule has 2 aliphatic carbocycles. The maximum Gasteiger partial charge on any atom is 0.112 e. The van der Waals surface area contributed by atoms with Crippen LogP contribution in [-0.2, 0) is 9.73 Å². The zero-order chi connectivity index (χ0) is 18.6. The lowest BCUT2D eigenvalue weighted by atomic mass is 9.86. The van der Waals surface area contributed by atoms with Crippen LogP contribution in [0, 0.1) is 16.6 Å². The van der Waals surface area contributed by atoms with Gasteiger partial charge in [0, 0.05) is 53.5 Å². The quantitative estimate of drug-likeness (QED) is 0.447. The highest BCUT2D eigenvalue weighted by atomic mass is 32.2. The molecule has 2 fully saturated rings. The molecule has 3 aliphatic rings. The van der Waals surface area contributed by atoms with Crippen LogP contribution < -0.4 is 10.6 Å². The summed E-state index contributed by atoms with van der Waals surface area (Å²) in [7, 11) is 1.55. The summed E-state index contributed by atoms with van der Waals surface area (Å²) in [5.74, 6) is 3.40. The number of hydrogen-bond donors (Lipinski definition) is 3. The molecule has 0 bridgehead atoms. The van der Waals surface area contributed by atoms with E-state index in [1.165, 1.54) is 18.4 Å². The molecule has 0 saturated heterocycles. The third kappa shape index (κ3) is 5.25. The monoisotopic (exact) mass is 379 g/mol. The first-order valence-electron chi connectivity index (χ1n) is 9.76. The van der Waals surface area contributed by atoms with E-state index in [9.17, 15) is 4.21 Å². The van der Waals surface area contributed by atoms with Gasteiger partial charge in [0.15, 0.2) is 0 Å². The zero-order valence-corrected chi connectivity index (χ0v) is 16.9. The summed E-state index contributed by atoms with van der Waals surface area (Å²) < 4.78 is 20.7. The third-order valence-electron chi connectivity index (χ3n) is 5.75. The average Bonchev–Trinajstić information content (AvgIpc) is 3.23. The Kier molecular flexibility index (Phi) is 6.27. The van der Waals surface area contributed by atoms with Gasteiger partial charge >= 0.3 is 0 Å². The molecule has 146 valence electrons. The van der Waals surface area contributed by atoms with E-state index in [4.69, 9.17) is 4.78 Å². The van der Waals surface area contributed by atoms with E-state index in [1.807, 2.05) is 6.20 Å². The molecule has 3 N–H and O–H groups in total. The largest absolute Gasteiger partial charge is 0.387 e. The minimum atomic E-state index is -2.37. The van der Waals surface area contributed by atoms with E-state index in [2.05, 4.69) is 33.6 Å². The molecular weight excluding hydrogens is 346 g/mol. The first-order chi connectivity index (χ1) is 12.5. The zero-order valence-electron chi connectivity index (χ0n) is 16.0. The van der Waals surface area contributed by atoms with Crippen molar-refractivity contribution in [3.05, 3.63) is 23.7 Å². The van der Waals surface area contributed by atoms with Gasteiger partial charge in [0.1, 0.15) is 5.82 Å². The van der Waals surface area contributed by atoms with Gasteiger partial charge in [-0.15, -0.1) is 0 Å². The van der Waals surface area contributed by atoms with Crippen molar-refractivity contribution in [2.45, 2.75) is 44.6 Å². The highest BCUT2D eigenvalue weighted by molar-refractivity contribution is 7.92. The predicted molar refractivity (Wildman–Crippen MR) is 109 cm³/mol. The predicted octanol–water partition coefficient (Wildman–Crippen LogP) is 2.51. The molecule has 0 spiro atoms. The molecule has 0 aromatic heterocycles. The van der Waals surface area contributed by atoms with Gasteiger partial charge in [0.25, 0.3) is 0 Å². The summed E-state index contributed by atoms with van der Waals surface area (Å²) in [6, 6.07) is 0.478. The maximum atomic E-state index is 12.5. The second-order valence-corrected chi connectivity index (χ2v) is 10.3. The fourth-order valence-electron chi connectivity index (χ4n) is 4.09.